The molecular formula is C13H21N3O2S. The maximum atomic E-state index is 12.0. The molecule has 0 spiro atoms. The van der Waals surface area contributed by atoms with E-state index < -0.39 is 10.0 Å². The fourth-order valence-corrected chi connectivity index (χ4v) is 3.26. The van der Waals surface area contributed by atoms with Crippen LogP contribution in [0.3, 0.4) is 0 Å². The van der Waals surface area contributed by atoms with E-state index in [0.717, 1.165) is 31.6 Å². The second kappa shape index (κ2) is 5.38. The smallest absolute Gasteiger partial charge is 0.242 e. The Morgan fingerprint density at radius 2 is 1.79 bits per heavy atom. The number of hydrogen-bond donors (Lipinski definition) is 1. The Labute approximate surface area is 115 Å². The molecule has 0 aliphatic carbocycles. The largest absolute Gasteiger partial charge is 0.397 e. The van der Waals surface area contributed by atoms with Crippen LogP contribution in [0, 0.1) is 0 Å². The lowest BCUT2D eigenvalue weighted by Gasteiger charge is -2.30. The predicted octanol–water partition coefficient (Wildman–Crippen LogP) is 1.51. The number of sulfonamides is 1. The molecule has 0 bridgehead atoms. The molecule has 0 unspecified atom stereocenters. The van der Waals surface area contributed by atoms with Gasteiger partial charge < -0.3 is 10.6 Å². The number of benzene rings is 1. The van der Waals surface area contributed by atoms with E-state index in [2.05, 4.69) is 4.90 Å². The Balaban J connectivity index is 2.32. The van der Waals surface area contributed by atoms with Crippen molar-refractivity contribution in [2.24, 2.45) is 0 Å². The molecule has 1 fully saturated rings. The Morgan fingerprint density at radius 1 is 1.16 bits per heavy atom. The summed E-state index contributed by atoms with van der Waals surface area (Å²) in [7, 11) is -0.376. The van der Waals surface area contributed by atoms with Crippen LogP contribution >= 0.6 is 0 Å². The Morgan fingerprint density at radius 3 is 2.32 bits per heavy atom. The van der Waals surface area contributed by atoms with Crippen LogP contribution in [0.4, 0.5) is 11.4 Å². The van der Waals surface area contributed by atoms with Gasteiger partial charge in [0.05, 0.1) is 16.3 Å². The average Bonchev–Trinajstić information content (AvgIpc) is 2.39. The molecule has 0 atom stereocenters. The molecule has 5 nitrogen and oxygen atoms in total. The van der Waals surface area contributed by atoms with Gasteiger partial charge in [-0.1, -0.05) is 0 Å². The third kappa shape index (κ3) is 2.84. The van der Waals surface area contributed by atoms with Crippen molar-refractivity contribution in [1.82, 2.24) is 4.31 Å². The molecule has 1 heterocycles. The van der Waals surface area contributed by atoms with Crippen LogP contribution in [0.5, 0.6) is 0 Å². The minimum Gasteiger partial charge on any atom is -0.397 e. The summed E-state index contributed by atoms with van der Waals surface area (Å²) in [6, 6.07) is 5.01. The van der Waals surface area contributed by atoms with Crippen LogP contribution in [0.1, 0.15) is 19.3 Å². The fourth-order valence-electron chi connectivity index (χ4n) is 2.33. The second-order valence-corrected chi connectivity index (χ2v) is 7.21. The van der Waals surface area contributed by atoms with E-state index in [1.165, 1.54) is 24.8 Å². The molecule has 2 N–H and O–H groups in total. The van der Waals surface area contributed by atoms with Crippen LogP contribution in [0.2, 0.25) is 0 Å². The number of piperidine rings is 1. The minimum atomic E-state index is -3.41. The molecule has 1 saturated heterocycles. The zero-order valence-corrected chi connectivity index (χ0v) is 12.3. The molecule has 0 saturated carbocycles. The van der Waals surface area contributed by atoms with Crippen molar-refractivity contribution >= 4 is 21.4 Å². The first-order chi connectivity index (χ1) is 8.93. The molecule has 6 heteroatoms. The monoisotopic (exact) mass is 283 g/mol. The number of nitrogen functional groups attached to an aromatic ring is 1. The molecular weight excluding hydrogens is 262 g/mol. The zero-order chi connectivity index (χ0) is 14.0. The van der Waals surface area contributed by atoms with Crippen molar-refractivity contribution < 1.29 is 8.42 Å². The third-order valence-electron chi connectivity index (χ3n) is 3.47. The highest BCUT2D eigenvalue weighted by atomic mass is 32.2. The van der Waals surface area contributed by atoms with E-state index in [1.54, 1.807) is 12.1 Å². The Hall–Kier alpha value is -1.27. The van der Waals surface area contributed by atoms with Crippen LogP contribution in [0.25, 0.3) is 0 Å². The normalized spacial score (nSPS) is 16.9. The molecule has 0 amide bonds. The van der Waals surface area contributed by atoms with Gasteiger partial charge in [-0.05, 0) is 37.5 Å². The van der Waals surface area contributed by atoms with Crippen LogP contribution in [-0.2, 0) is 10.0 Å². The summed E-state index contributed by atoms with van der Waals surface area (Å²) in [5.74, 6) is 0. The molecule has 0 aromatic heterocycles. The first-order valence-corrected chi connectivity index (χ1v) is 7.94. The van der Waals surface area contributed by atoms with Gasteiger partial charge in [0.1, 0.15) is 0 Å². The van der Waals surface area contributed by atoms with Gasteiger partial charge in [0.15, 0.2) is 0 Å². The standard InChI is InChI=1S/C13H21N3O2S/c1-15(2)19(17,18)11-6-7-13(12(14)10-11)16-8-4-3-5-9-16/h6-7,10H,3-5,8-9,14H2,1-2H3. The second-order valence-electron chi connectivity index (χ2n) is 5.06. The topological polar surface area (TPSA) is 66.6 Å². The third-order valence-corrected chi connectivity index (χ3v) is 5.29. The van der Waals surface area contributed by atoms with Crippen LogP contribution in [-0.4, -0.2) is 39.9 Å². The summed E-state index contributed by atoms with van der Waals surface area (Å²) in [4.78, 5) is 2.47. The van der Waals surface area contributed by atoms with Crippen molar-refractivity contribution in [3.63, 3.8) is 0 Å². The fraction of sp³-hybridized carbons (Fsp3) is 0.538. The van der Waals surface area contributed by atoms with Gasteiger partial charge in [0.25, 0.3) is 0 Å². The van der Waals surface area contributed by atoms with Gasteiger partial charge in [-0.25, -0.2) is 12.7 Å². The number of rotatable bonds is 3. The van der Waals surface area contributed by atoms with E-state index in [-0.39, 0.29) is 4.90 Å². The highest BCUT2D eigenvalue weighted by Crippen LogP contribution is 2.29. The maximum absolute atomic E-state index is 12.0. The minimum absolute atomic E-state index is 0.246. The van der Waals surface area contributed by atoms with E-state index in [4.69, 9.17) is 5.73 Å². The van der Waals surface area contributed by atoms with Gasteiger partial charge in [-0.2, -0.15) is 0 Å². The maximum Gasteiger partial charge on any atom is 0.242 e. The van der Waals surface area contributed by atoms with Crippen molar-refractivity contribution in [1.29, 1.82) is 0 Å². The molecule has 2 rings (SSSR count). The lowest BCUT2D eigenvalue weighted by molar-refractivity contribution is 0.520. The number of hydrogen-bond acceptors (Lipinski definition) is 4. The molecule has 0 radical (unpaired) electrons. The lowest BCUT2D eigenvalue weighted by atomic mass is 10.1. The summed E-state index contributed by atoms with van der Waals surface area (Å²) < 4.78 is 25.3. The van der Waals surface area contributed by atoms with Gasteiger partial charge in [0, 0.05) is 27.2 Å². The Kier molecular flexibility index (Phi) is 4.01. The highest BCUT2D eigenvalue weighted by molar-refractivity contribution is 7.89. The van der Waals surface area contributed by atoms with Crippen LogP contribution in [0.15, 0.2) is 23.1 Å². The number of nitrogens with two attached hydrogens (primary N) is 1. The van der Waals surface area contributed by atoms with Gasteiger partial charge >= 0.3 is 0 Å². The molecule has 1 aliphatic rings. The number of anilines is 2. The molecule has 1 aliphatic heterocycles. The first kappa shape index (κ1) is 14.1. The molecule has 106 valence electrons. The van der Waals surface area contributed by atoms with Gasteiger partial charge in [-0.15, -0.1) is 0 Å². The van der Waals surface area contributed by atoms with E-state index in [1.807, 2.05) is 6.07 Å². The summed E-state index contributed by atoms with van der Waals surface area (Å²) in [5.41, 5.74) is 7.50. The van der Waals surface area contributed by atoms with E-state index in [0.29, 0.717) is 5.69 Å². The van der Waals surface area contributed by atoms with E-state index >= 15 is 0 Å². The summed E-state index contributed by atoms with van der Waals surface area (Å²) in [6.45, 7) is 1.98. The predicted molar refractivity (Wildman–Crippen MR) is 77.8 cm³/mol. The summed E-state index contributed by atoms with van der Waals surface area (Å²) in [5, 5.41) is 0. The average molecular weight is 283 g/mol. The van der Waals surface area contributed by atoms with Crippen LogP contribution < -0.4 is 10.6 Å². The molecule has 19 heavy (non-hydrogen) atoms. The van der Waals surface area contributed by atoms with Gasteiger partial charge in [-0.3, -0.25) is 0 Å². The zero-order valence-electron chi connectivity index (χ0n) is 11.5. The Bertz CT molecular complexity index is 549. The highest BCUT2D eigenvalue weighted by Gasteiger charge is 2.20. The SMILES string of the molecule is CN(C)S(=O)(=O)c1ccc(N2CCCCC2)c(N)c1. The lowest BCUT2D eigenvalue weighted by Crippen LogP contribution is -2.30. The van der Waals surface area contributed by atoms with Gasteiger partial charge in [0.2, 0.25) is 10.0 Å². The van der Waals surface area contributed by atoms with Crippen molar-refractivity contribution in [3.05, 3.63) is 18.2 Å². The van der Waals surface area contributed by atoms with Crippen molar-refractivity contribution in [2.75, 3.05) is 37.8 Å². The first-order valence-electron chi connectivity index (χ1n) is 6.50. The summed E-state index contributed by atoms with van der Waals surface area (Å²) >= 11 is 0. The van der Waals surface area contributed by atoms with Crippen molar-refractivity contribution in [3.8, 4) is 0 Å². The van der Waals surface area contributed by atoms with Crippen molar-refractivity contribution in [2.45, 2.75) is 24.2 Å². The molecule has 1 aromatic rings. The van der Waals surface area contributed by atoms with E-state index in [9.17, 15) is 8.42 Å². The quantitative estimate of drug-likeness (QED) is 0.854. The number of nitrogens with zero attached hydrogens (tertiary/aromatic N) is 2. The summed E-state index contributed by atoms with van der Waals surface area (Å²) in [6.07, 6.45) is 3.58. The molecule has 1 aromatic carbocycles.